The van der Waals surface area contributed by atoms with Crippen molar-refractivity contribution >= 4 is 57.7 Å². The molecule has 0 bridgehead atoms. The predicted molar refractivity (Wildman–Crippen MR) is 220 cm³/mol. The van der Waals surface area contributed by atoms with Crippen molar-refractivity contribution in [3.05, 3.63) is 104 Å². The second-order valence-electron chi connectivity index (χ2n) is 13.7. The van der Waals surface area contributed by atoms with Gasteiger partial charge in [0.2, 0.25) is 11.7 Å². The number of azo groups is 1. The first-order chi connectivity index (χ1) is 28.1. The first-order valence-corrected chi connectivity index (χ1v) is 19.9. The summed E-state index contributed by atoms with van der Waals surface area (Å²) in [7, 11) is 2.94. The lowest BCUT2D eigenvalue weighted by molar-refractivity contribution is -0.123. The number of rotatable bonds is 15. The molecule has 7 rings (SSSR count). The maximum atomic E-state index is 13.3. The van der Waals surface area contributed by atoms with Crippen molar-refractivity contribution in [3.63, 3.8) is 0 Å². The minimum absolute atomic E-state index is 0.0850. The summed E-state index contributed by atoms with van der Waals surface area (Å²) in [6.45, 7) is 6.98. The summed E-state index contributed by atoms with van der Waals surface area (Å²) in [6, 6.07) is 15.5. The maximum absolute atomic E-state index is 13.3. The van der Waals surface area contributed by atoms with Crippen molar-refractivity contribution in [2.24, 2.45) is 15.2 Å². The highest BCUT2D eigenvalue weighted by Crippen LogP contribution is 2.42. The van der Waals surface area contributed by atoms with Crippen LogP contribution in [0.3, 0.4) is 0 Å². The molecule has 0 saturated heterocycles. The van der Waals surface area contributed by atoms with E-state index in [-0.39, 0.29) is 36.5 Å². The Morgan fingerprint density at radius 3 is 2.38 bits per heavy atom. The van der Waals surface area contributed by atoms with Gasteiger partial charge in [0.15, 0.2) is 23.9 Å². The Hall–Kier alpha value is -6.13. The Kier molecular flexibility index (Phi) is 12.1. The number of aryl methyl sites for hydroxylation is 2. The highest BCUT2D eigenvalue weighted by atomic mass is 35.5. The van der Waals surface area contributed by atoms with Crippen molar-refractivity contribution in [1.82, 2.24) is 30.7 Å². The Labute approximate surface area is 343 Å². The average molecular weight is 824 g/mol. The largest absolute Gasteiger partial charge is 0.493 e. The molecule has 0 unspecified atom stereocenters. The van der Waals surface area contributed by atoms with Crippen LogP contribution in [-0.4, -0.2) is 72.1 Å². The van der Waals surface area contributed by atoms with Crippen molar-refractivity contribution in [1.29, 1.82) is 0 Å². The Morgan fingerprint density at radius 2 is 1.67 bits per heavy atom. The van der Waals surface area contributed by atoms with E-state index in [0.29, 0.717) is 71.8 Å². The van der Waals surface area contributed by atoms with Crippen molar-refractivity contribution in [2.75, 3.05) is 33.9 Å². The van der Waals surface area contributed by atoms with Gasteiger partial charge in [-0.3, -0.25) is 23.9 Å². The van der Waals surface area contributed by atoms with Gasteiger partial charge in [-0.05, 0) is 63.4 Å². The number of methoxy groups -OCH3 is 2. The van der Waals surface area contributed by atoms with Gasteiger partial charge in [-0.15, -0.1) is 21.5 Å². The second kappa shape index (κ2) is 17.6. The fourth-order valence-corrected chi connectivity index (χ4v) is 8.12. The summed E-state index contributed by atoms with van der Waals surface area (Å²) in [5.74, 6) is 1.55. The molecule has 3 amide bonds. The minimum Gasteiger partial charge on any atom is -0.493 e. The van der Waals surface area contributed by atoms with Crippen LogP contribution in [0.15, 0.2) is 69.8 Å². The molecule has 3 N–H and O–H groups in total. The number of nitrogens with zero attached hydrogens (tertiary/aromatic N) is 6. The summed E-state index contributed by atoms with van der Waals surface area (Å²) < 4.78 is 18.9. The predicted octanol–water partition coefficient (Wildman–Crippen LogP) is 6.96. The highest BCUT2D eigenvalue weighted by molar-refractivity contribution is 7.15. The van der Waals surface area contributed by atoms with Gasteiger partial charge < -0.3 is 30.2 Å². The lowest BCUT2D eigenvalue weighted by atomic mass is 9.99. The van der Waals surface area contributed by atoms with Gasteiger partial charge in [0.1, 0.15) is 16.9 Å². The third-order valence-electron chi connectivity index (χ3n) is 9.87. The molecule has 2 aliphatic heterocycles. The molecule has 17 heteroatoms. The first-order valence-electron chi connectivity index (χ1n) is 18.7. The number of aliphatic imine (C=N–C) groups is 1. The van der Waals surface area contributed by atoms with Crippen LogP contribution < -0.4 is 30.2 Å². The zero-order valence-electron chi connectivity index (χ0n) is 32.6. The number of ether oxygens (including phenoxy) is 3. The monoisotopic (exact) mass is 823 g/mol. The standard InChI is InChI=1S/C41H42ClN9O6S/c1-22-23(2)58-41-36(22)37(25-11-13-26(42)14-12-25)46-31(39-50-47-24(3)51(39)41)19-34(52)43-15-6-7-16-44-35(53)21-57-38-32(55-4)17-27(18-33(38)56-5)48-49-30-10-8-9-28-29(30)20-45-40(28)54/h8-14,17-18,31H,6-7,15-16,19-21H2,1-5H3,(H,43,52)(H,44,53)(H,45,54)/t31-/m0/s1. The van der Waals surface area contributed by atoms with E-state index in [2.05, 4.69) is 50.2 Å². The lowest BCUT2D eigenvalue weighted by Gasteiger charge is -2.15. The van der Waals surface area contributed by atoms with E-state index < -0.39 is 6.04 Å². The van der Waals surface area contributed by atoms with Crippen molar-refractivity contribution in [3.8, 4) is 22.2 Å². The molecule has 0 fully saturated rings. The third-order valence-corrected chi connectivity index (χ3v) is 11.3. The molecule has 15 nitrogen and oxygen atoms in total. The van der Waals surface area contributed by atoms with Crippen LogP contribution >= 0.6 is 22.9 Å². The van der Waals surface area contributed by atoms with E-state index >= 15 is 0 Å². The quantitative estimate of drug-likeness (QED) is 0.0748. The summed E-state index contributed by atoms with van der Waals surface area (Å²) >= 11 is 7.88. The topological polar surface area (TPSA) is 183 Å². The SMILES string of the molecule is COc1cc(N=Nc2cccc3c2CNC3=O)cc(OC)c1OCC(=O)NCCCCNC(=O)C[C@@H]1N=C(c2ccc(Cl)cc2)c2c(sc(C)c2C)-n2c(C)nnc21. The summed E-state index contributed by atoms with van der Waals surface area (Å²) in [5.41, 5.74) is 6.17. The molecule has 5 aromatic rings. The number of nitrogens with one attached hydrogen (secondary N) is 3. The molecule has 58 heavy (non-hydrogen) atoms. The highest BCUT2D eigenvalue weighted by Gasteiger charge is 2.32. The van der Waals surface area contributed by atoms with Gasteiger partial charge >= 0.3 is 0 Å². The molecule has 0 aliphatic carbocycles. The number of halogens is 1. The molecule has 0 saturated carbocycles. The Morgan fingerprint density at radius 1 is 0.966 bits per heavy atom. The maximum Gasteiger partial charge on any atom is 0.257 e. The van der Waals surface area contributed by atoms with Crippen LogP contribution in [0, 0.1) is 20.8 Å². The molecule has 4 heterocycles. The zero-order valence-corrected chi connectivity index (χ0v) is 34.2. The number of carbonyl (C=O) groups is 3. The van der Waals surface area contributed by atoms with E-state index in [1.165, 1.54) is 19.1 Å². The number of carbonyl (C=O) groups excluding carboxylic acids is 3. The molecule has 3 aromatic carbocycles. The molecule has 300 valence electrons. The molecule has 1 atom stereocenters. The molecule has 0 spiro atoms. The van der Waals surface area contributed by atoms with E-state index in [1.54, 1.807) is 41.7 Å². The lowest BCUT2D eigenvalue weighted by Crippen LogP contribution is -2.31. The van der Waals surface area contributed by atoms with Crippen LogP contribution in [0.1, 0.15) is 74.4 Å². The van der Waals surface area contributed by atoms with Gasteiger partial charge in [0, 0.05) is 63.9 Å². The molecular formula is C41H42ClN9O6S. The van der Waals surface area contributed by atoms with E-state index in [4.69, 9.17) is 30.8 Å². The van der Waals surface area contributed by atoms with E-state index in [9.17, 15) is 14.4 Å². The smallest absolute Gasteiger partial charge is 0.257 e. The third kappa shape index (κ3) is 8.43. The fourth-order valence-electron chi connectivity index (χ4n) is 6.78. The Balaban J connectivity index is 0.905. The average Bonchev–Trinajstić information content (AvgIpc) is 3.86. The summed E-state index contributed by atoms with van der Waals surface area (Å²) in [6.07, 6.45) is 1.35. The second-order valence-corrected chi connectivity index (χ2v) is 15.3. The zero-order chi connectivity index (χ0) is 40.9. The van der Waals surface area contributed by atoms with Crippen LogP contribution in [0.25, 0.3) is 5.00 Å². The number of aromatic nitrogens is 3. The van der Waals surface area contributed by atoms with Gasteiger partial charge in [-0.2, -0.15) is 10.2 Å². The number of amides is 3. The number of unbranched alkanes of at least 4 members (excludes halogenated alkanes) is 1. The fraction of sp³-hybridized carbons (Fsp3) is 0.317. The van der Waals surface area contributed by atoms with Gasteiger partial charge in [0.25, 0.3) is 11.8 Å². The van der Waals surface area contributed by atoms with Crippen LogP contribution in [0.5, 0.6) is 17.2 Å². The van der Waals surface area contributed by atoms with Crippen LogP contribution in [0.2, 0.25) is 5.02 Å². The summed E-state index contributed by atoms with van der Waals surface area (Å²) in [4.78, 5) is 44.4. The minimum atomic E-state index is -0.566. The number of hydrogen-bond acceptors (Lipinski definition) is 12. The molecule has 0 radical (unpaired) electrons. The van der Waals surface area contributed by atoms with Gasteiger partial charge in [0.05, 0.1) is 37.7 Å². The van der Waals surface area contributed by atoms with Gasteiger partial charge in [-0.1, -0.05) is 29.8 Å². The van der Waals surface area contributed by atoms with E-state index in [0.717, 1.165) is 38.8 Å². The van der Waals surface area contributed by atoms with Crippen LogP contribution in [0.4, 0.5) is 11.4 Å². The summed E-state index contributed by atoms with van der Waals surface area (Å²) in [5, 5.41) is 27.8. The molecule has 2 aromatic heterocycles. The van der Waals surface area contributed by atoms with E-state index in [1.807, 2.05) is 35.8 Å². The molecule has 2 aliphatic rings. The number of hydrogen-bond donors (Lipinski definition) is 3. The first kappa shape index (κ1) is 40.1. The van der Waals surface area contributed by atoms with Crippen molar-refractivity contribution in [2.45, 2.75) is 52.6 Å². The Bertz CT molecular complexity index is 2420. The molecular weight excluding hydrogens is 782 g/mol. The van der Waals surface area contributed by atoms with Crippen molar-refractivity contribution < 1.29 is 28.6 Å². The van der Waals surface area contributed by atoms with Gasteiger partial charge in [-0.25, -0.2) is 0 Å². The number of fused-ring (bicyclic) bond motifs is 4. The van der Waals surface area contributed by atoms with Crippen LogP contribution in [-0.2, 0) is 16.1 Å². The number of benzene rings is 3. The number of thiophene rings is 1. The normalized spacial score (nSPS) is 14.2.